The second-order valence-corrected chi connectivity index (χ2v) is 8.48. The largest absolute Gasteiger partial charge is 0.294 e. The van der Waals surface area contributed by atoms with Crippen LogP contribution in [0.5, 0.6) is 0 Å². The van der Waals surface area contributed by atoms with Crippen molar-refractivity contribution in [2.45, 2.75) is 31.8 Å². The fraction of sp³-hybridized carbons (Fsp3) is 0.316. The van der Waals surface area contributed by atoms with Gasteiger partial charge in [0.05, 0.1) is 22.7 Å². The van der Waals surface area contributed by atoms with Gasteiger partial charge in [0.25, 0.3) is 0 Å². The van der Waals surface area contributed by atoms with Crippen LogP contribution >= 0.6 is 11.8 Å². The maximum atomic E-state index is 12.4. The average molecular weight is 409 g/mol. The van der Waals surface area contributed by atoms with Gasteiger partial charge in [0.2, 0.25) is 17.0 Å². The van der Waals surface area contributed by atoms with Crippen molar-refractivity contribution in [3.63, 3.8) is 0 Å². The van der Waals surface area contributed by atoms with E-state index >= 15 is 0 Å². The summed E-state index contributed by atoms with van der Waals surface area (Å²) in [6, 6.07) is 9.44. The van der Waals surface area contributed by atoms with E-state index in [4.69, 9.17) is 0 Å². The normalized spacial score (nSPS) is 15.0. The Morgan fingerprint density at radius 1 is 1.24 bits per heavy atom. The molecule has 4 rings (SSSR count). The molecule has 0 aliphatic heterocycles. The lowest BCUT2D eigenvalue weighted by atomic mass is 9.76. The highest BCUT2D eigenvalue weighted by Crippen LogP contribution is 2.33. The lowest BCUT2D eigenvalue weighted by Gasteiger charge is -2.29. The van der Waals surface area contributed by atoms with Crippen LogP contribution in [-0.4, -0.2) is 47.6 Å². The predicted octanol–water partition coefficient (Wildman–Crippen LogP) is 2.34. The summed E-state index contributed by atoms with van der Waals surface area (Å²) in [6.45, 7) is 4.06. The highest BCUT2D eigenvalue weighted by molar-refractivity contribution is 7.99. The number of fused-ring (bicyclic) bond motifs is 1. The number of benzene rings is 1. The summed E-state index contributed by atoms with van der Waals surface area (Å²) in [4.78, 5) is 33.1. The topological polar surface area (TPSA) is 116 Å². The van der Waals surface area contributed by atoms with Crippen LogP contribution in [-0.2, 0) is 11.2 Å². The number of thioether (sulfide) groups is 1. The molecule has 29 heavy (non-hydrogen) atoms. The van der Waals surface area contributed by atoms with Gasteiger partial charge in [0.15, 0.2) is 5.78 Å². The average Bonchev–Trinajstić information content (AvgIpc) is 3.14. The number of carbonyl (C=O) groups is 2. The molecule has 1 aliphatic rings. The molecule has 0 bridgehead atoms. The second-order valence-electron chi connectivity index (χ2n) is 7.54. The number of hydrogen-bond donors (Lipinski definition) is 1. The van der Waals surface area contributed by atoms with E-state index in [9.17, 15) is 9.59 Å². The first-order valence-electron chi connectivity index (χ1n) is 9.07. The number of Topliss-reactive ketones (excluding diaryl/α,β-unsaturated/α-hetero) is 1. The molecule has 1 aromatic carbocycles. The maximum absolute atomic E-state index is 12.4. The summed E-state index contributed by atoms with van der Waals surface area (Å²) in [6.07, 6.45) is 2.64. The molecule has 9 nitrogen and oxygen atoms in total. The molecule has 0 radical (unpaired) electrons. The Morgan fingerprint density at radius 2 is 2.03 bits per heavy atom. The summed E-state index contributed by atoms with van der Waals surface area (Å²) >= 11 is 1.21. The molecule has 1 N–H and O–H groups in total. The van der Waals surface area contributed by atoms with Crippen molar-refractivity contribution in [2.75, 3.05) is 11.1 Å². The zero-order valence-corrected chi connectivity index (χ0v) is 16.8. The number of ketones is 1. The van der Waals surface area contributed by atoms with Crippen LogP contribution in [0, 0.1) is 5.41 Å². The van der Waals surface area contributed by atoms with Gasteiger partial charge in [-0.1, -0.05) is 43.8 Å². The van der Waals surface area contributed by atoms with Gasteiger partial charge < -0.3 is 0 Å². The first-order valence-corrected chi connectivity index (χ1v) is 10.1. The van der Waals surface area contributed by atoms with E-state index in [1.165, 1.54) is 18.0 Å². The van der Waals surface area contributed by atoms with Crippen LogP contribution in [0.3, 0.4) is 0 Å². The standard InChI is InChI=1S/C19H19N7O2S/c1-19(2)8-14-13(15(27)9-19)10-20-17(21-14)22-16(28)11-29-18-23-24-25-26(18)12-6-4-3-5-7-12/h3-7,10H,8-9,11H2,1-2H3,(H,20,21,22,28). The molecule has 3 aromatic rings. The van der Waals surface area contributed by atoms with Crippen molar-refractivity contribution >= 4 is 29.4 Å². The van der Waals surface area contributed by atoms with Crippen molar-refractivity contribution in [2.24, 2.45) is 5.41 Å². The van der Waals surface area contributed by atoms with Crippen molar-refractivity contribution in [3.05, 3.63) is 47.8 Å². The number of anilines is 1. The minimum absolute atomic E-state index is 0.0393. The van der Waals surface area contributed by atoms with Crippen LogP contribution in [0.15, 0.2) is 41.7 Å². The van der Waals surface area contributed by atoms with E-state index in [0.29, 0.717) is 29.3 Å². The molecule has 0 unspecified atom stereocenters. The zero-order valence-electron chi connectivity index (χ0n) is 16.0. The fourth-order valence-electron chi connectivity index (χ4n) is 3.18. The SMILES string of the molecule is CC1(C)CC(=O)c2cnc(NC(=O)CSc3nnnn3-c3ccccc3)nc2C1. The van der Waals surface area contributed by atoms with E-state index in [-0.39, 0.29) is 28.8 Å². The predicted molar refractivity (Wildman–Crippen MR) is 107 cm³/mol. The van der Waals surface area contributed by atoms with Gasteiger partial charge in [-0.2, -0.15) is 4.68 Å². The number of carbonyl (C=O) groups excluding carboxylic acids is 2. The third kappa shape index (κ3) is 4.32. The van der Waals surface area contributed by atoms with E-state index in [0.717, 1.165) is 5.69 Å². The molecule has 0 saturated carbocycles. The van der Waals surface area contributed by atoms with E-state index in [1.807, 2.05) is 44.2 Å². The number of rotatable bonds is 5. The molecule has 2 aromatic heterocycles. The number of amides is 1. The van der Waals surface area contributed by atoms with Crippen molar-refractivity contribution in [1.82, 2.24) is 30.2 Å². The lowest BCUT2D eigenvalue weighted by molar-refractivity contribution is -0.113. The third-order valence-electron chi connectivity index (χ3n) is 4.48. The summed E-state index contributed by atoms with van der Waals surface area (Å²) in [5.74, 6) is 0.0526. The molecule has 0 saturated heterocycles. The number of nitrogens with one attached hydrogen (secondary N) is 1. The Bertz CT molecular complexity index is 1070. The van der Waals surface area contributed by atoms with E-state index in [1.54, 1.807) is 4.68 Å². The molecule has 0 spiro atoms. The first-order chi connectivity index (χ1) is 13.9. The van der Waals surface area contributed by atoms with Gasteiger partial charge in [-0.15, -0.1) is 5.10 Å². The quantitative estimate of drug-likeness (QED) is 0.639. The number of tetrazole rings is 1. The Kier molecular flexibility index (Phi) is 5.10. The molecule has 2 heterocycles. The molecule has 0 fully saturated rings. The summed E-state index contributed by atoms with van der Waals surface area (Å²) in [5, 5.41) is 14.8. The van der Waals surface area contributed by atoms with E-state index < -0.39 is 0 Å². The maximum Gasteiger partial charge on any atom is 0.237 e. The van der Waals surface area contributed by atoms with Crippen LogP contribution in [0.1, 0.15) is 36.3 Å². The summed E-state index contributed by atoms with van der Waals surface area (Å²) < 4.78 is 1.57. The molecule has 148 valence electrons. The lowest BCUT2D eigenvalue weighted by Crippen LogP contribution is -2.29. The first kappa shape index (κ1) is 19.2. The number of nitrogens with zero attached hydrogens (tertiary/aromatic N) is 6. The summed E-state index contributed by atoms with van der Waals surface area (Å²) in [7, 11) is 0. The molecular weight excluding hydrogens is 390 g/mol. The van der Waals surface area contributed by atoms with Crippen LogP contribution in [0.25, 0.3) is 5.69 Å². The van der Waals surface area contributed by atoms with Gasteiger partial charge in [0, 0.05) is 12.6 Å². The molecular formula is C19H19N7O2S. The van der Waals surface area contributed by atoms with Gasteiger partial charge in [-0.25, -0.2) is 9.97 Å². The molecule has 10 heteroatoms. The minimum Gasteiger partial charge on any atom is -0.294 e. The van der Waals surface area contributed by atoms with Crippen LogP contribution in [0.2, 0.25) is 0 Å². The highest BCUT2D eigenvalue weighted by atomic mass is 32.2. The van der Waals surface area contributed by atoms with Crippen molar-refractivity contribution in [3.8, 4) is 5.69 Å². The Morgan fingerprint density at radius 3 is 2.83 bits per heavy atom. The minimum atomic E-state index is -0.279. The molecule has 0 atom stereocenters. The van der Waals surface area contributed by atoms with Gasteiger partial charge in [-0.3, -0.25) is 14.9 Å². The highest BCUT2D eigenvalue weighted by Gasteiger charge is 2.32. The van der Waals surface area contributed by atoms with Crippen LogP contribution < -0.4 is 5.32 Å². The van der Waals surface area contributed by atoms with Crippen LogP contribution in [0.4, 0.5) is 5.95 Å². The van der Waals surface area contributed by atoms with Crippen molar-refractivity contribution in [1.29, 1.82) is 0 Å². The number of para-hydroxylation sites is 1. The second kappa shape index (κ2) is 7.70. The third-order valence-corrected chi connectivity index (χ3v) is 5.40. The monoisotopic (exact) mass is 409 g/mol. The number of aromatic nitrogens is 6. The molecule has 1 aliphatic carbocycles. The van der Waals surface area contributed by atoms with Gasteiger partial charge in [0.1, 0.15) is 0 Å². The molecule has 1 amide bonds. The zero-order chi connectivity index (χ0) is 20.4. The van der Waals surface area contributed by atoms with Crippen molar-refractivity contribution < 1.29 is 9.59 Å². The van der Waals surface area contributed by atoms with Gasteiger partial charge >= 0.3 is 0 Å². The smallest absolute Gasteiger partial charge is 0.237 e. The Labute approximate surface area is 171 Å². The Hall–Kier alpha value is -3.14. The Balaban J connectivity index is 1.42. The van der Waals surface area contributed by atoms with E-state index in [2.05, 4.69) is 30.8 Å². The fourth-order valence-corrected chi connectivity index (χ4v) is 3.87. The number of hydrogen-bond acceptors (Lipinski definition) is 8. The van der Waals surface area contributed by atoms with Gasteiger partial charge in [-0.05, 0) is 34.4 Å². The summed E-state index contributed by atoms with van der Waals surface area (Å²) in [5.41, 5.74) is 1.88.